The van der Waals surface area contributed by atoms with Crippen LogP contribution in [-0.4, -0.2) is 47.6 Å². The lowest BCUT2D eigenvalue weighted by atomic mass is 9.82. The third-order valence-electron chi connectivity index (χ3n) is 5.53. The topological polar surface area (TPSA) is 96.3 Å². The summed E-state index contributed by atoms with van der Waals surface area (Å²) in [5, 5.41) is 20.4. The molecule has 1 unspecified atom stereocenters. The van der Waals surface area contributed by atoms with Crippen molar-refractivity contribution in [2.24, 2.45) is 5.41 Å². The van der Waals surface area contributed by atoms with Crippen molar-refractivity contribution in [1.29, 1.82) is 0 Å². The number of ether oxygens (including phenoxy) is 2. The average Bonchev–Trinajstić information content (AvgIpc) is 3.01. The van der Waals surface area contributed by atoms with Gasteiger partial charge < -0.3 is 24.6 Å². The van der Waals surface area contributed by atoms with Crippen LogP contribution in [0.15, 0.2) is 53.8 Å². The number of carbonyl (C=O) groups is 2. The molecule has 170 valence electrons. The second-order valence-corrected chi connectivity index (χ2v) is 8.77. The number of hydrogen-bond acceptors (Lipinski definition) is 6. The van der Waals surface area contributed by atoms with Crippen LogP contribution in [0.25, 0.3) is 0 Å². The van der Waals surface area contributed by atoms with E-state index < -0.39 is 23.1 Å². The van der Waals surface area contributed by atoms with Gasteiger partial charge in [-0.25, -0.2) is 0 Å². The molecule has 1 aliphatic rings. The van der Waals surface area contributed by atoms with Crippen molar-refractivity contribution in [3.63, 3.8) is 0 Å². The van der Waals surface area contributed by atoms with Crippen LogP contribution in [0, 0.1) is 5.41 Å². The molecule has 0 fully saturated rings. The van der Waals surface area contributed by atoms with Gasteiger partial charge >= 0.3 is 0 Å². The number of aliphatic hydroxyl groups excluding tert-OH is 1. The van der Waals surface area contributed by atoms with Gasteiger partial charge in [-0.15, -0.1) is 0 Å². The maximum Gasteiger partial charge on any atom is 0.290 e. The van der Waals surface area contributed by atoms with E-state index in [2.05, 4.69) is 0 Å². The minimum Gasteiger partial charge on any atom is -0.508 e. The molecule has 0 aliphatic carbocycles. The fourth-order valence-corrected chi connectivity index (χ4v) is 3.81. The molecule has 1 heterocycles. The van der Waals surface area contributed by atoms with E-state index in [1.54, 1.807) is 53.2 Å². The number of phenols is 1. The number of benzene rings is 2. The first kappa shape index (κ1) is 23.2. The highest BCUT2D eigenvalue weighted by molar-refractivity contribution is 6.10. The van der Waals surface area contributed by atoms with Gasteiger partial charge in [0.05, 0.1) is 25.8 Å². The molecule has 32 heavy (non-hydrogen) atoms. The number of aromatic hydroxyl groups is 1. The third kappa shape index (κ3) is 4.42. The minimum absolute atomic E-state index is 0.0758. The molecule has 7 heteroatoms. The fourth-order valence-electron chi connectivity index (χ4n) is 3.81. The normalized spacial score (nSPS) is 16.5. The molecule has 2 aromatic carbocycles. The van der Waals surface area contributed by atoms with Gasteiger partial charge in [0.1, 0.15) is 5.75 Å². The second kappa shape index (κ2) is 8.94. The number of ketones is 1. The van der Waals surface area contributed by atoms with E-state index in [0.29, 0.717) is 23.5 Å². The number of Topliss-reactive ketones (excluding diaryl/α,β-unsaturated/α-hetero) is 1. The van der Waals surface area contributed by atoms with Gasteiger partial charge in [-0.3, -0.25) is 9.59 Å². The fraction of sp³-hybridized carbons (Fsp3) is 0.360. The Hall–Kier alpha value is -3.48. The molecular formula is C25H29NO6. The van der Waals surface area contributed by atoms with Crippen LogP contribution in [0.5, 0.6) is 17.2 Å². The second-order valence-electron chi connectivity index (χ2n) is 8.77. The summed E-state index contributed by atoms with van der Waals surface area (Å²) >= 11 is 0. The molecule has 2 N–H and O–H groups in total. The van der Waals surface area contributed by atoms with Crippen molar-refractivity contribution in [3.05, 3.63) is 64.9 Å². The first-order valence-electron chi connectivity index (χ1n) is 10.4. The number of methoxy groups -OCH3 is 2. The van der Waals surface area contributed by atoms with Gasteiger partial charge in [0.2, 0.25) is 0 Å². The van der Waals surface area contributed by atoms with Gasteiger partial charge in [0.25, 0.3) is 5.91 Å². The van der Waals surface area contributed by atoms with Crippen molar-refractivity contribution >= 4 is 11.7 Å². The van der Waals surface area contributed by atoms with Gasteiger partial charge in [-0.2, -0.15) is 0 Å². The molecule has 1 amide bonds. The average molecular weight is 440 g/mol. The van der Waals surface area contributed by atoms with Crippen molar-refractivity contribution in [3.8, 4) is 17.2 Å². The quantitative estimate of drug-likeness (QED) is 0.678. The third-order valence-corrected chi connectivity index (χ3v) is 5.53. The van der Waals surface area contributed by atoms with E-state index >= 15 is 0 Å². The number of phenolic OH excluding ortho intramolecular Hbond substituents is 1. The molecule has 0 saturated heterocycles. The van der Waals surface area contributed by atoms with Crippen LogP contribution in [-0.2, 0) is 16.0 Å². The van der Waals surface area contributed by atoms with E-state index in [9.17, 15) is 19.8 Å². The van der Waals surface area contributed by atoms with E-state index in [4.69, 9.17) is 9.47 Å². The number of hydrogen-bond donors (Lipinski definition) is 2. The standard InChI is InChI=1S/C25H29NO6/c1-25(2,3)23(29)20-21(16-7-9-17(27)10-8-16)26(24(30)22(20)28)13-12-15-6-11-18(31-4)19(14-15)32-5/h6-11,14,21,27-28H,12-13H2,1-5H3. The first-order valence-corrected chi connectivity index (χ1v) is 10.4. The summed E-state index contributed by atoms with van der Waals surface area (Å²) in [6.45, 7) is 5.52. The summed E-state index contributed by atoms with van der Waals surface area (Å²) < 4.78 is 10.6. The molecule has 0 radical (unpaired) electrons. The minimum atomic E-state index is -0.780. The molecule has 7 nitrogen and oxygen atoms in total. The van der Waals surface area contributed by atoms with Gasteiger partial charge in [-0.1, -0.05) is 39.0 Å². The molecule has 0 aromatic heterocycles. The predicted octanol–water partition coefficient (Wildman–Crippen LogP) is 3.96. The van der Waals surface area contributed by atoms with Crippen LogP contribution in [0.3, 0.4) is 0 Å². The monoisotopic (exact) mass is 439 g/mol. The molecule has 0 bridgehead atoms. The zero-order chi connectivity index (χ0) is 23.6. The molecule has 3 rings (SSSR count). The van der Waals surface area contributed by atoms with Crippen molar-refractivity contribution in [2.75, 3.05) is 20.8 Å². The number of rotatable bonds is 7. The van der Waals surface area contributed by atoms with Crippen LogP contribution < -0.4 is 9.47 Å². The molecular weight excluding hydrogens is 410 g/mol. The zero-order valence-corrected chi connectivity index (χ0v) is 19.0. The van der Waals surface area contributed by atoms with Crippen molar-refractivity contribution < 1.29 is 29.3 Å². The highest BCUT2D eigenvalue weighted by Gasteiger charge is 2.45. The first-order chi connectivity index (χ1) is 15.1. The smallest absolute Gasteiger partial charge is 0.290 e. The van der Waals surface area contributed by atoms with E-state index in [0.717, 1.165) is 5.56 Å². The zero-order valence-electron chi connectivity index (χ0n) is 19.0. The molecule has 0 saturated carbocycles. The number of carbonyl (C=O) groups excluding carboxylic acids is 2. The van der Waals surface area contributed by atoms with Crippen LogP contribution in [0.2, 0.25) is 0 Å². The lowest BCUT2D eigenvalue weighted by Crippen LogP contribution is -2.34. The summed E-state index contributed by atoms with van der Waals surface area (Å²) in [5.41, 5.74) is 0.855. The van der Waals surface area contributed by atoms with E-state index in [-0.39, 0.29) is 23.7 Å². The lowest BCUT2D eigenvalue weighted by Gasteiger charge is -2.29. The Labute approximate surface area is 187 Å². The maximum absolute atomic E-state index is 13.2. The van der Waals surface area contributed by atoms with Gasteiger partial charge in [-0.05, 0) is 41.8 Å². The SMILES string of the molecule is COc1ccc(CCN2C(=O)C(O)=C(C(=O)C(C)(C)C)C2c2ccc(O)cc2)cc1OC. The molecule has 1 atom stereocenters. The summed E-state index contributed by atoms with van der Waals surface area (Å²) in [4.78, 5) is 27.7. The Balaban J connectivity index is 1.96. The van der Waals surface area contributed by atoms with Gasteiger partial charge in [0.15, 0.2) is 23.0 Å². The van der Waals surface area contributed by atoms with Crippen LogP contribution in [0.1, 0.15) is 37.9 Å². The molecule has 1 aliphatic heterocycles. The Morgan fingerprint density at radius 2 is 1.62 bits per heavy atom. The van der Waals surface area contributed by atoms with Crippen molar-refractivity contribution in [2.45, 2.75) is 33.2 Å². The van der Waals surface area contributed by atoms with Crippen molar-refractivity contribution in [1.82, 2.24) is 4.90 Å². The highest BCUT2D eigenvalue weighted by Crippen LogP contribution is 2.41. The van der Waals surface area contributed by atoms with Crippen LogP contribution in [0.4, 0.5) is 0 Å². The van der Waals surface area contributed by atoms with E-state index in [1.165, 1.54) is 17.0 Å². The Kier molecular flexibility index (Phi) is 6.48. The number of aliphatic hydroxyl groups is 1. The van der Waals surface area contributed by atoms with Gasteiger partial charge in [0, 0.05) is 12.0 Å². The summed E-state index contributed by atoms with van der Waals surface area (Å²) in [6, 6.07) is 11.1. The predicted molar refractivity (Wildman–Crippen MR) is 120 cm³/mol. The van der Waals surface area contributed by atoms with E-state index in [1.807, 2.05) is 12.1 Å². The summed E-state index contributed by atoms with van der Waals surface area (Å²) in [5.74, 6) is -0.140. The highest BCUT2D eigenvalue weighted by atomic mass is 16.5. The Bertz CT molecular complexity index is 1050. The largest absolute Gasteiger partial charge is 0.508 e. The molecule has 0 spiro atoms. The summed E-state index contributed by atoms with van der Waals surface area (Å²) in [7, 11) is 3.11. The number of nitrogens with zero attached hydrogens (tertiary/aromatic N) is 1. The summed E-state index contributed by atoms with van der Waals surface area (Å²) in [6.07, 6.45) is 0.477. The van der Waals surface area contributed by atoms with Crippen LogP contribution >= 0.6 is 0 Å². The Morgan fingerprint density at radius 1 is 1.00 bits per heavy atom. The number of amides is 1. The lowest BCUT2D eigenvalue weighted by molar-refractivity contribution is -0.129. The maximum atomic E-state index is 13.2. The Morgan fingerprint density at radius 3 is 2.19 bits per heavy atom. The molecule has 2 aromatic rings.